The third kappa shape index (κ3) is 7.38. The molecule has 0 spiro atoms. The standard InChI is InChI=1S/C41H48FN11O4/c42-38-29-24-52(34-7-9-37(54)45-40(34)56)41(57)28(29)4-6-33(38)51-18-10-25(11-19-51)22-49-16-12-27(13-17-49)53-23-26-20-32(44-39(55)30-5-8-36(43)47-46-30)35(21-31(26)48-53)50-14-2-1-3-15-50/h4-6,8,20-21,23,25,27,34H,1-3,7,9-19,22,24H2,(H2,43,47)(H,44,55)(H,45,54,56). The molecule has 298 valence electrons. The predicted octanol–water partition coefficient (Wildman–Crippen LogP) is 4.10. The number of benzene rings is 2. The molecule has 16 heteroatoms. The Hall–Kier alpha value is -5.64. The molecule has 4 aromatic rings. The van der Waals surface area contributed by atoms with Crippen LogP contribution in [0.4, 0.5) is 27.3 Å². The minimum atomic E-state index is -0.768. The lowest BCUT2D eigenvalue weighted by Crippen LogP contribution is -2.52. The molecule has 1 atom stereocenters. The number of hydrogen-bond acceptors (Lipinski definition) is 11. The van der Waals surface area contributed by atoms with E-state index < -0.39 is 11.9 Å². The Morgan fingerprint density at radius 1 is 0.877 bits per heavy atom. The number of nitrogens with one attached hydrogen (secondary N) is 2. The number of aromatic nitrogens is 4. The molecule has 5 aliphatic rings. The molecule has 57 heavy (non-hydrogen) atoms. The average molecular weight is 778 g/mol. The maximum absolute atomic E-state index is 16.0. The summed E-state index contributed by atoms with van der Waals surface area (Å²) in [5.41, 5.74) is 9.63. The van der Waals surface area contributed by atoms with Gasteiger partial charge < -0.3 is 30.7 Å². The van der Waals surface area contributed by atoms with Gasteiger partial charge in [0.25, 0.3) is 11.8 Å². The molecule has 2 aromatic carbocycles. The number of likely N-dealkylation sites (tertiary alicyclic amines) is 1. The van der Waals surface area contributed by atoms with Crippen LogP contribution in [0, 0.1) is 11.7 Å². The van der Waals surface area contributed by atoms with Gasteiger partial charge in [0.2, 0.25) is 11.8 Å². The number of carbonyl (C=O) groups excluding carboxylic acids is 4. The Morgan fingerprint density at radius 3 is 2.39 bits per heavy atom. The van der Waals surface area contributed by atoms with Crippen molar-refractivity contribution in [2.45, 2.75) is 76.4 Å². The van der Waals surface area contributed by atoms with Crippen molar-refractivity contribution < 1.29 is 23.6 Å². The highest BCUT2D eigenvalue weighted by atomic mass is 19.1. The van der Waals surface area contributed by atoms with Crippen LogP contribution >= 0.6 is 0 Å². The first-order valence-corrected chi connectivity index (χ1v) is 20.3. The number of nitrogens with two attached hydrogens (primary N) is 1. The van der Waals surface area contributed by atoms with Gasteiger partial charge in [0.15, 0.2) is 11.5 Å². The summed E-state index contributed by atoms with van der Waals surface area (Å²) in [6, 6.07) is 10.2. The second-order valence-electron chi connectivity index (χ2n) is 16.2. The van der Waals surface area contributed by atoms with E-state index in [1.807, 2.05) is 6.07 Å². The summed E-state index contributed by atoms with van der Waals surface area (Å²) < 4.78 is 18.1. The largest absolute Gasteiger partial charge is 0.382 e. The third-order valence-electron chi connectivity index (χ3n) is 12.5. The van der Waals surface area contributed by atoms with Crippen LogP contribution in [0.25, 0.3) is 10.9 Å². The molecule has 4 N–H and O–H groups in total. The Bertz CT molecular complexity index is 2210. The second kappa shape index (κ2) is 15.4. The fraction of sp³-hybridized carbons (Fsp3) is 0.488. The Balaban J connectivity index is 0.804. The number of fused-ring (bicyclic) bond motifs is 2. The van der Waals surface area contributed by atoms with Crippen LogP contribution in [-0.4, -0.2) is 105 Å². The zero-order valence-electron chi connectivity index (χ0n) is 32.0. The quantitative estimate of drug-likeness (QED) is 0.220. The third-order valence-corrected chi connectivity index (χ3v) is 12.5. The number of halogens is 1. The minimum absolute atomic E-state index is 0.0291. The Labute approximate surface area is 329 Å². The highest BCUT2D eigenvalue weighted by molar-refractivity contribution is 6.07. The van der Waals surface area contributed by atoms with Crippen molar-refractivity contribution in [2.75, 3.05) is 66.7 Å². The average Bonchev–Trinajstić information content (AvgIpc) is 3.79. The monoisotopic (exact) mass is 777 g/mol. The van der Waals surface area contributed by atoms with Gasteiger partial charge in [0.05, 0.1) is 35.2 Å². The van der Waals surface area contributed by atoms with Crippen molar-refractivity contribution in [1.29, 1.82) is 0 Å². The van der Waals surface area contributed by atoms with E-state index in [1.54, 1.807) is 24.3 Å². The highest BCUT2D eigenvalue weighted by Crippen LogP contribution is 2.37. The first-order valence-electron chi connectivity index (χ1n) is 20.3. The van der Waals surface area contributed by atoms with Crippen molar-refractivity contribution in [3.05, 3.63) is 65.2 Å². The van der Waals surface area contributed by atoms with Crippen LogP contribution in [0.2, 0.25) is 0 Å². The summed E-state index contributed by atoms with van der Waals surface area (Å²) in [7, 11) is 0. The van der Waals surface area contributed by atoms with Gasteiger partial charge in [0.1, 0.15) is 11.9 Å². The highest BCUT2D eigenvalue weighted by Gasteiger charge is 2.41. The number of hydrogen-bond donors (Lipinski definition) is 3. The van der Waals surface area contributed by atoms with Crippen LogP contribution in [-0.2, 0) is 16.1 Å². The van der Waals surface area contributed by atoms with E-state index in [9.17, 15) is 19.2 Å². The number of amides is 4. The smallest absolute Gasteiger partial charge is 0.276 e. The molecule has 0 radical (unpaired) electrons. The van der Waals surface area contributed by atoms with Crippen LogP contribution in [0.1, 0.15) is 90.2 Å². The van der Waals surface area contributed by atoms with E-state index in [0.29, 0.717) is 22.7 Å². The number of piperidine rings is 4. The molecular formula is C41H48FN11O4. The summed E-state index contributed by atoms with van der Waals surface area (Å²) >= 11 is 0. The minimum Gasteiger partial charge on any atom is -0.382 e. The van der Waals surface area contributed by atoms with Gasteiger partial charge in [-0.3, -0.25) is 29.2 Å². The van der Waals surface area contributed by atoms with E-state index in [1.165, 1.54) is 11.3 Å². The van der Waals surface area contributed by atoms with Crippen molar-refractivity contribution in [2.24, 2.45) is 5.92 Å². The van der Waals surface area contributed by atoms with Gasteiger partial charge in [-0.05, 0) is 93.7 Å². The van der Waals surface area contributed by atoms with Gasteiger partial charge >= 0.3 is 0 Å². The van der Waals surface area contributed by atoms with E-state index >= 15 is 4.39 Å². The maximum Gasteiger partial charge on any atom is 0.276 e. The number of carbonyl (C=O) groups is 4. The fourth-order valence-corrected chi connectivity index (χ4v) is 9.34. The molecular weight excluding hydrogens is 730 g/mol. The zero-order valence-corrected chi connectivity index (χ0v) is 32.0. The van der Waals surface area contributed by atoms with E-state index in [2.05, 4.69) is 52.5 Å². The van der Waals surface area contributed by atoms with Crippen molar-refractivity contribution >= 4 is 57.4 Å². The van der Waals surface area contributed by atoms with Gasteiger partial charge in [0, 0.05) is 74.9 Å². The van der Waals surface area contributed by atoms with Crippen molar-refractivity contribution in [3.8, 4) is 0 Å². The number of nitrogen functional groups attached to an aromatic ring is 1. The molecule has 9 rings (SSSR count). The summed E-state index contributed by atoms with van der Waals surface area (Å²) in [5, 5.41) is 19.2. The molecule has 4 amide bonds. The molecule has 0 saturated carbocycles. The topological polar surface area (TPSA) is 175 Å². The van der Waals surface area contributed by atoms with Crippen molar-refractivity contribution in [3.63, 3.8) is 0 Å². The summed E-state index contributed by atoms with van der Waals surface area (Å²) in [6.07, 6.45) is 9.78. The molecule has 1 unspecified atom stereocenters. The Kier molecular flexibility index (Phi) is 9.97. The predicted molar refractivity (Wildman–Crippen MR) is 212 cm³/mol. The van der Waals surface area contributed by atoms with Crippen LogP contribution < -0.4 is 26.2 Å². The molecule has 5 aliphatic heterocycles. The molecule has 0 aliphatic carbocycles. The molecule has 7 heterocycles. The van der Waals surface area contributed by atoms with Crippen LogP contribution in [0.3, 0.4) is 0 Å². The lowest BCUT2D eigenvalue weighted by Gasteiger charge is -2.38. The molecule has 0 bridgehead atoms. The van der Waals surface area contributed by atoms with E-state index in [-0.39, 0.29) is 60.5 Å². The zero-order chi connectivity index (χ0) is 39.2. The van der Waals surface area contributed by atoms with Crippen LogP contribution in [0.15, 0.2) is 42.6 Å². The van der Waals surface area contributed by atoms with Crippen molar-refractivity contribution in [1.82, 2.24) is 35.1 Å². The summed E-state index contributed by atoms with van der Waals surface area (Å²) in [4.78, 5) is 58.8. The number of rotatable bonds is 8. The Morgan fingerprint density at radius 2 is 1.65 bits per heavy atom. The van der Waals surface area contributed by atoms with Gasteiger partial charge in [-0.1, -0.05) is 0 Å². The number of anilines is 4. The second-order valence-corrected chi connectivity index (χ2v) is 16.2. The number of imide groups is 1. The van der Waals surface area contributed by atoms with E-state index in [0.717, 1.165) is 107 Å². The maximum atomic E-state index is 16.0. The lowest BCUT2D eigenvalue weighted by atomic mass is 9.94. The van der Waals surface area contributed by atoms with E-state index in [4.69, 9.17) is 10.8 Å². The van der Waals surface area contributed by atoms with Gasteiger partial charge in [-0.15, -0.1) is 10.2 Å². The molecule has 15 nitrogen and oxygen atoms in total. The fourth-order valence-electron chi connectivity index (χ4n) is 9.34. The normalized spacial score (nSPS) is 21.3. The summed E-state index contributed by atoms with van der Waals surface area (Å²) in [6.45, 7) is 6.30. The SMILES string of the molecule is Nc1ccc(C(=O)Nc2cc3cn(C4CCN(CC5CCN(c6ccc7c(c6F)CN(C6CCC(=O)NC6=O)C7=O)CC5)CC4)nc3cc2N2CCCCC2)nn1. The van der Waals surface area contributed by atoms with Crippen LogP contribution in [0.5, 0.6) is 0 Å². The van der Waals surface area contributed by atoms with Gasteiger partial charge in [-0.2, -0.15) is 5.10 Å². The number of nitrogens with zero attached hydrogens (tertiary/aromatic N) is 8. The van der Waals surface area contributed by atoms with Gasteiger partial charge in [-0.25, -0.2) is 4.39 Å². The summed E-state index contributed by atoms with van der Waals surface area (Å²) in [5.74, 6) is -1.17. The first kappa shape index (κ1) is 37.0. The lowest BCUT2D eigenvalue weighted by molar-refractivity contribution is -0.136. The molecule has 4 fully saturated rings. The molecule has 4 saturated heterocycles. The molecule has 2 aromatic heterocycles. The first-order chi connectivity index (χ1) is 27.7.